The number of carboxylic acid groups (broad SMARTS) is 1. The molecule has 0 spiro atoms. The first kappa shape index (κ1) is 13.3. The van der Waals surface area contributed by atoms with Crippen molar-refractivity contribution in [3.63, 3.8) is 0 Å². The molecule has 0 aromatic carbocycles. The number of carboxylic acids is 1. The van der Waals surface area contributed by atoms with Crippen molar-refractivity contribution in [2.24, 2.45) is 11.3 Å². The van der Waals surface area contributed by atoms with E-state index in [-0.39, 0.29) is 17.2 Å². The van der Waals surface area contributed by atoms with Crippen LogP contribution in [0.3, 0.4) is 0 Å². The fraction of sp³-hybridized carbons (Fsp3) is 0.846. The molecule has 0 aromatic heterocycles. The van der Waals surface area contributed by atoms with Gasteiger partial charge in [-0.15, -0.1) is 0 Å². The molecule has 18 heavy (non-hydrogen) atoms. The van der Waals surface area contributed by atoms with Crippen molar-refractivity contribution >= 4 is 11.9 Å². The molecule has 0 bridgehead atoms. The second kappa shape index (κ2) is 5.26. The standard InChI is InChI=1S/C13H22N2O3/c1-2-13(5-6-14-9-13)12(18)15-7-3-10(4-8-15)11(16)17/h10,14H,2-9H2,1H3,(H,16,17). The number of likely N-dealkylation sites (tertiary alicyclic amines) is 1. The van der Waals surface area contributed by atoms with Gasteiger partial charge < -0.3 is 15.3 Å². The van der Waals surface area contributed by atoms with Crippen molar-refractivity contribution in [2.75, 3.05) is 26.2 Å². The first-order valence-electron chi connectivity index (χ1n) is 6.82. The van der Waals surface area contributed by atoms with Gasteiger partial charge in [-0.1, -0.05) is 6.92 Å². The minimum absolute atomic E-state index is 0.221. The van der Waals surface area contributed by atoms with Crippen LogP contribution in [0.15, 0.2) is 0 Å². The van der Waals surface area contributed by atoms with Gasteiger partial charge in [-0.3, -0.25) is 9.59 Å². The van der Waals surface area contributed by atoms with Crippen LogP contribution >= 0.6 is 0 Å². The first-order chi connectivity index (χ1) is 8.59. The third-order valence-corrected chi connectivity index (χ3v) is 4.51. The normalized spacial score (nSPS) is 29.5. The first-order valence-corrected chi connectivity index (χ1v) is 6.82. The molecular formula is C13H22N2O3. The lowest BCUT2D eigenvalue weighted by molar-refractivity contribution is -0.149. The van der Waals surface area contributed by atoms with Crippen LogP contribution in [0.4, 0.5) is 0 Å². The van der Waals surface area contributed by atoms with Crippen molar-refractivity contribution in [3.05, 3.63) is 0 Å². The average Bonchev–Trinajstić information content (AvgIpc) is 2.88. The van der Waals surface area contributed by atoms with Crippen LogP contribution in [-0.2, 0) is 9.59 Å². The molecule has 0 radical (unpaired) electrons. The van der Waals surface area contributed by atoms with E-state index < -0.39 is 5.97 Å². The van der Waals surface area contributed by atoms with E-state index in [1.54, 1.807) is 0 Å². The number of carbonyl (C=O) groups is 2. The maximum atomic E-state index is 12.6. The van der Waals surface area contributed by atoms with E-state index in [9.17, 15) is 9.59 Å². The molecule has 5 nitrogen and oxygen atoms in total. The molecule has 2 saturated heterocycles. The molecule has 1 atom stereocenters. The van der Waals surface area contributed by atoms with Gasteiger partial charge in [0.2, 0.25) is 5.91 Å². The Kier molecular flexibility index (Phi) is 3.90. The minimum atomic E-state index is -0.727. The topological polar surface area (TPSA) is 69.6 Å². The summed E-state index contributed by atoms with van der Waals surface area (Å²) in [4.78, 5) is 25.3. The lowest BCUT2D eigenvalue weighted by Crippen LogP contribution is -2.48. The Morgan fingerprint density at radius 3 is 2.50 bits per heavy atom. The Balaban J connectivity index is 1.96. The van der Waals surface area contributed by atoms with Crippen LogP contribution in [0.1, 0.15) is 32.6 Å². The Bertz CT molecular complexity index is 329. The van der Waals surface area contributed by atoms with E-state index in [1.807, 2.05) is 4.90 Å². The second-order valence-corrected chi connectivity index (χ2v) is 5.47. The van der Waals surface area contributed by atoms with E-state index in [2.05, 4.69) is 12.2 Å². The minimum Gasteiger partial charge on any atom is -0.481 e. The van der Waals surface area contributed by atoms with Gasteiger partial charge in [-0.2, -0.15) is 0 Å². The van der Waals surface area contributed by atoms with E-state index >= 15 is 0 Å². The summed E-state index contributed by atoms with van der Waals surface area (Å²) in [5.41, 5.74) is -0.240. The van der Waals surface area contributed by atoms with Crippen LogP contribution in [-0.4, -0.2) is 48.1 Å². The summed E-state index contributed by atoms with van der Waals surface area (Å²) >= 11 is 0. The lowest BCUT2D eigenvalue weighted by Gasteiger charge is -2.37. The molecule has 2 heterocycles. The van der Waals surface area contributed by atoms with Crippen LogP contribution in [0.2, 0.25) is 0 Å². The number of carbonyl (C=O) groups excluding carboxylic acids is 1. The summed E-state index contributed by atoms with van der Waals surface area (Å²) in [6.45, 7) is 4.93. The summed E-state index contributed by atoms with van der Waals surface area (Å²) in [7, 11) is 0. The van der Waals surface area contributed by atoms with E-state index in [0.717, 1.165) is 25.9 Å². The summed E-state index contributed by atoms with van der Waals surface area (Å²) in [6.07, 6.45) is 2.95. The zero-order valence-electron chi connectivity index (χ0n) is 10.9. The highest BCUT2D eigenvalue weighted by Gasteiger charge is 2.43. The van der Waals surface area contributed by atoms with Gasteiger partial charge in [0, 0.05) is 19.6 Å². The largest absolute Gasteiger partial charge is 0.481 e. The van der Waals surface area contributed by atoms with Gasteiger partial charge in [0.15, 0.2) is 0 Å². The highest BCUT2D eigenvalue weighted by atomic mass is 16.4. The molecular weight excluding hydrogens is 232 g/mol. The number of hydrogen-bond donors (Lipinski definition) is 2. The number of piperidine rings is 1. The van der Waals surface area contributed by atoms with Crippen LogP contribution in [0, 0.1) is 11.3 Å². The Morgan fingerprint density at radius 1 is 1.39 bits per heavy atom. The molecule has 1 unspecified atom stereocenters. The van der Waals surface area contributed by atoms with Crippen molar-refractivity contribution < 1.29 is 14.7 Å². The average molecular weight is 254 g/mol. The Hall–Kier alpha value is -1.10. The molecule has 0 aromatic rings. The van der Waals surface area contributed by atoms with E-state index in [4.69, 9.17) is 5.11 Å². The summed E-state index contributed by atoms with van der Waals surface area (Å²) in [5, 5.41) is 12.2. The van der Waals surface area contributed by atoms with E-state index in [0.29, 0.717) is 25.9 Å². The molecule has 0 saturated carbocycles. The molecule has 1 amide bonds. The van der Waals surface area contributed by atoms with Crippen LogP contribution < -0.4 is 5.32 Å². The van der Waals surface area contributed by atoms with Gasteiger partial charge in [-0.05, 0) is 32.2 Å². The second-order valence-electron chi connectivity index (χ2n) is 5.47. The zero-order valence-corrected chi connectivity index (χ0v) is 10.9. The third kappa shape index (κ3) is 2.36. The molecule has 2 N–H and O–H groups in total. The number of aliphatic carboxylic acids is 1. The monoisotopic (exact) mass is 254 g/mol. The smallest absolute Gasteiger partial charge is 0.306 e. The summed E-state index contributed by atoms with van der Waals surface area (Å²) in [5.74, 6) is -0.776. The van der Waals surface area contributed by atoms with Crippen LogP contribution in [0.5, 0.6) is 0 Å². The maximum Gasteiger partial charge on any atom is 0.306 e. The SMILES string of the molecule is CCC1(C(=O)N2CCC(C(=O)O)CC2)CCNC1. The predicted octanol–water partition coefficient (Wildman–Crippen LogP) is 0.699. The fourth-order valence-corrected chi connectivity index (χ4v) is 3.04. The van der Waals surface area contributed by atoms with E-state index in [1.165, 1.54) is 0 Å². The zero-order chi connectivity index (χ0) is 13.2. The number of amides is 1. The fourth-order valence-electron chi connectivity index (χ4n) is 3.04. The number of nitrogens with zero attached hydrogens (tertiary/aromatic N) is 1. The molecule has 2 fully saturated rings. The third-order valence-electron chi connectivity index (χ3n) is 4.51. The van der Waals surface area contributed by atoms with Gasteiger partial charge in [-0.25, -0.2) is 0 Å². The molecule has 2 rings (SSSR count). The van der Waals surface area contributed by atoms with Gasteiger partial charge >= 0.3 is 5.97 Å². The number of hydrogen-bond acceptors (Lipinski definition) is 3. The van der Waals surface area contributed by atoms with Crippen molar-refractivity contribution in [2.45, 2.75) is 32.6 Å². The van der Waals surface area contributed by atoms with Gasteiger partial charge in [0.25, 0.3) is 0 Å². The van der Waals surface area contributed by atoms with Crippen molar-refractivity contribution in [1.29, 1.82) is 0 Å². The predicted molar refractivity (Wildman–Crippen MR) is 67.2 cm³/mol. The van der Waals surface area contributed by atoms with Crippen molar-refractivity contribution in [1.82, 2.24) is 10.2 Å². The molecule has 102 valence electrons. The number of nitrogens with one attached hydrogen (secondary N) is 1. The van der Waals surface area contributed by atoms with Crippen LogP contribution in [0.25, 0.3) is 0 Å². The molecule has 0 aliphatic carbocycles. The van der Waals surface area contributed by atoms with Crippen molar-refractivity contribution in [3.8, 4) is 0 Å². The molecule has 2 aliphatic rings. The number of rotatable bonds is 3. The summed E-state index contributed by atoms with van der Waals surface area (Å²) in [6, 6.07) is 0. The highest BCUT2D eigenvalue weighted by Crippen LogP contribution is 2.33. The maximum absolute atomic E-state index is 12.6. The summed E-state index contributed by atoms with van der Waals surface area (Å²) < 4.78 is 0. The Morgan fingerprint density at radius 2 is 2.06 bits per heavy atom. The molecule has 5 heteroatoms. The van der Waals surface area contributed by atoms with Gasteiger partial charge in [0.05, 0.1) is 11.3 Å². The molecule has 2 aliphatic heterocycles. The Labute approximate surface area is 108 Å². The quantitative estimate of drug-likeness (QED) is 0.778. The van der Waals surface area contributed by atoms with Gasteiger partial charge in [0.1, 0.15) is 0 Å². The highest BCUT2D eigenvalue weighted by molar-refractivity contribution is 5.83. The lowest BCUT2D eigenvalue weighted by atomic mass is 9.82.